The zero-order valence-electron chi connectivity index (χ0n) is 9.94. The molecule has 0 unspecified atom stereocenters. The largest absolute Gasteiger partial charge is 0.330 e. The van der Waals surface area contributed by atoms with Crippen molar-refractivity contribution in [2.24, 2.45) is 5.73 Å². The number of rotatable bonds is 5. The van der Waals surface area contributed by atoms with Crippen LogP contribution in [-0.4, -0.2) is 16.5 Å². The van der Waals surface area contributed by atoms with E-state index in [1.807, 2.05) is 12.1 Å². The number of aryl methyl sites for hydroxylation is 1. The molecule has 0 spiro atoms. The van der Waals surface area contributed by atoms with Gasteiger partial charge in [-0.1, -0.05) is 23.7 Å². The standard InChI is InChI=1S/C13H15ClN4/c14-11-8-16-13(17-9-11)18-12-5-1-3-10(7-12)4-2-6-15/h1,3,5,7-9H,2,4,6,15H2,(H,16,17,18). The molecule has 1 heterocycles. The molecule has 0 bridgehead atoms. The van der Waals surface area contributed by atoms with E-state index in [1.165, 1.54) is 5.56 Å². The molecule has 2 rings (SSSR count). The number of nitrogens with two attached hydrogens (primary N) is 1. The quantitative estimate of drug-likeness (QED) is 0.870. The highest BCUT2D eigenvalue weighted by Gasteiger charge is 1.99. The minimum absolute atomic E-state index is 0.525. The summed E-state index contributed by atoms with van der Waals surface area (Å²) in [4.78, 5) is 8.18. The first-order valence-electron chi connectivity index (χ1n) is 5.81. The van der Waals surface area contributed by atoms with E-state index in [-0.39, 0.29) is 0 Å². The number of nitrogens with one attached hydrogen (secondary N) is 1. The van der Waals surface area contributed by atoms with Crippen LogP contribution in [-0.2, 0) is 6.42 Å². The molecule has 1 aromatic heterocycles. The number of anilines is 2. The monoisotopic (exact) mass is 262 g/mol. The van der Waals surface area contributed by atoms with Gasteiger partial charge in [0.05, 0.1) is 17.4 Å². The van der Waals surface area contributed by atoms with Crippen molar-refractivity contribution in [1.29, 1.82) is 0 Å². The van der Waals surface area contributed by atoms with Crippen LogP contribution >= 0.6 is 11.6 Å². The Hall–Kier alpha value is -1.65. The predicted molar refractivity (Wildman–Crippen MR) is 74.1 cm³/mol. The highest BCUT2D eigenvalue weighted by atomic mass is 35.5. The second-order valence-electron chi connectivity index (χ2n) is 3.94. The number of hydrogen-bond donors (Lipinski definition) is 2. The van der Waals surface area contributed by atoms with Crippen LogP contribution in [0.5, 0.6) is 0 Å². The summed E-state index contributed by atoms with van der Waals surface area (Å²) < 4.78 is 0. The molecular weight excluding hydrogens is 248 g/mol. The second kappa shape index (κ2) is 6.33. The number of halogens is 1. The van der Waals surface area contributed by atoms with Gasteiger partial charge in [0.2, 0.25) is 5.95 Å². The Morgan fingerprint density at radius 1 is 1.22 bits per heavy atom. The fourth-order valence-electron chi connectivity index (χ4n) is 1.62. The maximum Gasteiger partial charge on any atom is 0.227 e. The van der Waals surface area contributed by atoms with Crippen molar-refractivity contribution < 1.29 is 0 Å². The Bertz CT molecular complexity index is 499. The molecule has 18 heavy (non-hydrogen) atoms. The van der Waals surface area contributed by atoms with Crippen LogP contribution in [0.25, 0.3) is 0 Å². The van der Waals surface area contributed by atoms with E-state index in [9.17, 15) is 0 Å². The number of benzene rings is 1. The second-order valence-corrected chi connectivity index (χ2v) is 4.38. The molecule has 0 fully saturated rings. The molecule has 0 aliphatic heterocycles. The van der Waals surface area contributed by atoms with E-state index in [2.05, 4.69) is 27.4 Å². The first kappa shape index (κ1) is 12.8. The SMILES string of the molecule is NCCCc1cccc(Nc2ncc(Cl)cn2)c1. The van der Waals surface area contributed by atoms with Crippen LogP contribution in [0, 0.1) is 0 Å². The number of hydrogen-bond acceptors (Lipinski definition) is 4. The van der Waals surface area contributed by atoms with Gasteiger partial charge in [0.15, 0.2) is 0 Å². The molecule has 0 amide bonds. The predicted octanol–water partition coefficient (Wildman–Crippen LogP) is 2.76. The van der Waals surface area contributed by atoms with E-state index in [1.54, 1.807) is 12.4 Å². The van der Waals surface area contributed by atoms with Crippen LogP contribution in [0.1, 0.15) is 12.0 Å². The van der Waals surface area contributed by atoms with Crippen molar-refractivity contribution in [3.8, 4) is 0 Å². The summed E-state index contributed by atoms with van der Waals surface area (Å²) in [5, 5.41) is 3.66. The maximum atomic E-state index is 5.73. The normalized spacial score (nSPS) is 10.3. The summed E-state index contributed by atoms with van der Waals surface area (Å²) in [5.41, 5.74) is 7.72. The number of aromatic nitrogens is 2. The van der Waals surface area contributed by atoms with Gasteiger partial charge < -0.3 is 11.1 Å². The van der Waals surface area contributed by atoms with E-state index in [0.717, 1.165) is 18.5 Å². The first-order valence-corrected chi connectivity index (χ1v) is 6.19. The highest BCUT2D eigenvalue weighted by Crippen LogP contribution is 2.16. The fraction of sp³-hybridized carbons (Fsp3) is 0.231. The average Bonchev–Trinajstić information content (AvgIpc) is 2.40. The Labute approximate surface area is 111 Å². The molecule has 94 valence electrons. The topological polar surface area (TPSA) is 63.8 Å². The minimum atomic E-state index is 0.525. The van der Waals surface area contributed by atoms with Crippen LogP contribution in [0.15, 0.2) is 36.7 Å². The Morgan fingerprint density at radius 3 is 2.72 bits per heavy atom. The first-order chi connectivity index (χ1) is 8.78. The van der Waals surface area contributed by atoms with E-state index in [0.29, 0.717) is 17.5 Å². The summed E-state index contributed by atoms with van der Waals surface area (Å²) in [6.07, 6.45) is 5.10. The van der Waals surface area contributed by atoms with E-state index < -0.39 is 0 Å². The summed E-state index contributed by atoms with van der Waals surface area (Å²) in [6.45, 7) is 0.706. The summed E-state index contributed by atoms with van der Waals surface area (Å²) in [5.74, 6) is 0.537. The van der Waals surface area contributed by atoms with Crippen LogP contribution in [0.4, 0.5) is 11.6 Å². The van der Waals surface area contributed by atoms with Gasteiger partial charge in [-0.2, -0.15) is 0 Å². The zero-order valence-corrected chi connectivity index (χ0v) is 10.7. The third kappa shape index (κ3) is 3.68. The lowest BCUT2D eigenvalue weighted by molar-refractivity contribution is 0.833. The van der Waals surface area contributed by atoms with Crippen LogP contribution in [0.2, 0.25) is 5.02 Å². The molecule has 2 aromatic rings. The molecule has 0 radical (unpaired) electrons. The number of nitrogens with zero attached hydrogens (tertiary/aromatic N) is 2. The molecular formula is C13H15ClN4. The van der Waals surface area contributed by atoms with Crippen molar-refractivity contribution in [3.05, 3.63) is 47.2 Å². The van der Waals surface area contributed by atoms with Gasteiger partial charge in [0.1, 0.15) is 0 Å². The lowest BCUT2D eigenvalue weighted by atomic mass is 10.1. The molecule has 1 aromatic carbocycles. The van der Waals surface area contributed by atoms with Gasteiger partial charge in [0.25, 0.3) is 0 Å². The molecule has 4 nitrogen and oxygen atoms in total. The van der Waals surface area contributed by atoms with Crippen LogP contribution < -0.4 is 11.1 Å². The van der Waals surface area contributed by atoms with Gasteiger partial charge in [-0.05, 0) is 37.1 Å². The van der Waals surface area contributed by atoms with Gasteiger partial charge in [-0.3, -0.25) is 0 Å². The molecule has 0 saturated carbocycles. The molecule has 5 heteroatoms. The maximum absolute atomic E-state index is 5.73. The average molecular weight is 263 g/mol. The van der Waals surface area contributed by atoms with Crippen molar-refractivity contribution in [2.75, 3.05) is 11.9 Å². The van der Waals surface area contributed by atoms with Crippen molar-refractivity contribution >= 4 is 23.2 Å². The molecule has 0 aliphatic carbocycles. The van der Waals surface area contributed by atoms with E-state index in [4.69, 9.17) is 17.3 Å². The third-order valence-electron chi connectivity index (χ3n) is 2.47. The van der Waals surface area contributed by atoms with Gasteiger partial charge in [-0.15, -0.1) is 0 Å². The Balaban J connectivity index is 2.06. The van der Waals surface area contributed by atoms with Crippen molar-refractivity contribution in [2.45, 2.75) is 12.8 Å². The molecule has 3 N–H and O–H groups in total. The van der Waals surface area contributed by atoms with Crippen LogP contribution in [0.3, 0.4) is 0 Å². The highest BCUT2D eigenvalue weighted by molar-refractivity contribution is 6.30. The van der Waals surface area contributed by atoms with Crippen molar-refractivity contribution in [1.82, 2.24) is 9.97 Å². The molecule has 0 aliphatic rings. The van der Waals surface area contributed by atoms with Gasteiger partial charge in [-0.25, -0.2) is 9.97 Å². The minimum Gasteiger partial charge on any atom is -0.330 e. The summed E-state index contributed by atoms with van der Waals surface area (Å²) >= 11 is 5.73. The Kier molecular flexibility index (Phi) is 4.50. The fourth-order valence-corrected chi connectivity index (χ4v) is 1.71. The zero-order chi connectivity index (χ0) is 12.8. The van der Waals surface area contributed by atoms with Crippen molar-refractivity contribution in [3.63, 3.8) is 0 Å². The summed E-state index contributed by atoms with van der Waals surface area (Å²) in [7, 11) is 0. The molecule has 0 saturated heterocycles. The lowest BCUT2D eigenvalue weighted by Gasteiger charge is -2.06. The summed E-state index contributed by atoms with van der Waals surface area (Å²) in [6, 6.07) is 8.14. The molecule has 0 atom stereocenters. The Morgan fingerprint density at radius 2 is 2.00 bits per heavy atom. The van der Waals surface area contributed by atoms with Gasteiger partial charge >= 0.3 is 0 Å². The smallest absolute Gasteiger partial charge is 0.227 e. The lowest BCUT2D eigenvalue weighted by Crippen LogP contribution is -2.01. The van der Waals surface area contributed by atoms with E-state index >= 15 is 0 Å². The van der Waals surface area contributed by atoms with Gasteiger partial charge in [0, 0.05) is 5.69 Å². The third-order valence-corrected chi connectivity index (χ3v) is 2.67.